The van der Waals surface area contributed by atoms with Gasteiger partial charge in [0.1, 0.15) is 0 Å². The van der Waals surface area contributed by atoms with Gasteiger partial charge >= 0.3 is 0 Å². The van der Waals surface area contributed by atoms with Gasteiger partial charge in [-0.05, 0) is 50.2 Å². The summed E-state index contributed by atoms with van der Waals surface area (Å²) in [5.41, 5.74) is 14.9. The largest absolute Gasteiger partial charge is 0.397 e. The summed E-state index contributed by atoms with van der Waals surface area (Å²) in [6.45, 7) is 5.87. The van der Waals surface area contributed by atoms with Crippen LogP contribution in [0, 0.1) is 20.8 Å². The van der Waals surface area contributed by atoms with Crippen molar-refractivity contribution in [3.8, 4) is 0 Å². The number of anilines is 1. The third-order valence-electron chi connectivity index (χ3n) is 3.14. The number of carbonyl (C=O) groups is 1. The number of benzene rings is 1. The molecule has 0 fully saturated rings. The van der Waals surface area contributed by atoms with E-state index in [1.807, 2.05) is 26.8 Å². The van der Waals surface area contributed by atoms with Gasteiger partial charge in [-0.25, -0.2) is 9.97 Å². The zero-order valence-electron chi connectivity index (χ0n) is 11.6. The number of aryl methyl sites for hydroxylation is 2. The van der Waals surface area contributed by atoms with E-state index in [9.17, 15) is 4.79 Å². The first kappa shape index (κ1) is 14.3. The minimum atomic E-state index is -0.540. The van der Waals surface area contributed by atoms with Crippen LogP contribution in [0.2, 0.25) is 0 Å². The Labute approximate surface area is 121 Å². The van der Waals surface area contributed by atoms with Crippen LogP contribution in [0.25, 0.3) is 0 Å². The summed E-state index contributed by atoms with van der Waals surface area (Å²) in [4.78, 5) is 20.9. The number of amides is 1. The molecule has 5 nitrogen and oxygen atoms in total. The second kappa shape index (κ2) is 5.50. The fourth-order valence-electron chi connectivity index (χ4n) is 1.73. The molecule has 2 rings (SSSR count). The van der Waals surface area contributed by atoms with Crippen molar-refractivity contribution in [1.29, 1.82) is 0 Å². The number of carbonyl (C=O) groups excluding carboxylic acids is 1. The molecule has 4 N–H and O–H groups in total. The van der Waals surface area contributed by atoms with Gasteiger partial charge in [-0.3, -0.25) is 4.79 Å². The number of rotatable bonds is 3. The van der Waals surface area contributed by atoms with Gasteiger partial charge in [0.05, 0.1) is 11.3 Å². The van der Waals surface area contributed by atoms with Crippen molar-refractivity contribution in [2.45, 2.75) is 30.8 Å². The Morgan fingerprint density at radius 3 is 2.30 bits per heavy atom. The molecule has 0 aliphatic rings. The molecule has 0 atom stereocenters. The van der Waals surface area contributed by atoms with Crippen LogP contribution in [0.15, 0.2) is 28.3 Å². The van der Waals surface area contributed by atoms with Crippen LogP contribution in [0.3, 0.4) is 0 Å². The van der Waals surface area contributed by atoms with Crippen LogP contribution in [0.4, 0.5) is 5.69 Å². The minimum Gasteiger partial charge on any atom is -0.397 e. The molecule has 2 aromatic rings. The number of nitrogens with two attached hydrogens (primary N) is 2. The molecule has 1 heterocycles. The van der Waals surface area contributed by atoms with Crippen LogP contribution >= 0.6 is 11.8 Å². The van der Waals surface area contributed by atoms with E-state index >= 15 is 0 Å². The lowest BCUT2D eigenvalue weighted by Crippen LogP contribution is -2.13. The Morgan fingerprint density at radius 1 is 1.15 bits per heavy atom. The molecule has 1 aromatic heterocycles. The topological polar surface area (TPSA) is 94.9 Å². The van der Waals surface area contributed by atoms with Crippen LogP contribution < -0.4 is 11.5 Å². The van der Waals surface area contributed by atoms with Crippen LogP contribution in [-0.4, -0.2) is 15.9 Å². The molecule has 1 aromatic carbocycles. The average molecular weight is 288 g/mol. The van der Waals surface area contributed by atoms with Crippen molar-refractivity contribution >= 4 is 23.4 Å². The number of aromatic nitrogens is 2. The molecule has 0 unspecified atom stereocenters. The van der Waals surface area contributed by atoms with E-state index in [2.05, 4.69) is 9.97 Å². The third-order valence-corrected chi connectivity index (χ3v) is 4.09. The first-order valence-corrected chi connectivity index (χ1v) is 6.89. The number of nitrogen functional groups attached to an aromatic ring is 1. The van der Waals surface area contributed by atoms with Gasteiger partial charge in [0.2, 0.25) is 0 Å². The molecular formula is C14H16N4OS. The van der Waals surface area contributed by atoms with E-state index in [1.54, 1.807) is 12.1 Å². The van der Waals surface area contributed by atoms with Crippen molar-refractivity contribution in [2.24, 2.45) is 5.73 Å². The van der Waals surface area contributed by atoms with Gasteiger partial charge < -0.3 is 11.5 Å². The lowest BCUT2D eigenvalue weighted by atomic mass is 10.2. The van der Waals surface area contributed by atoms with E-state index in [4.69, 9.17) is 11.5 Å². The normalized spacial score (nSPS) is 10.6. The lowest BCUT2D eigenvalue weighted by Gasteiger charge is -2.09. The molecule has 0 saturated heterocycles. The predicted octanol–water partition coefficient (Wildman–Crippen LogP) is 2.23. The molecule has 0 aliphatic heterocycles. The molecule has 0 aliphatic carbocycles. The summed E-state index contributed by atoms with van der Waals surface area (Å²) >= 11 is 1.33. The molecule has 1 amide bonds. The standard InChI is InChI=1S/C14H16N4OS/c1-7-8(2)17-14(18-9(7)3)20-11-6-4-5-10(12(11)15)13(16)19/h4-6H,15H2,1-3H3,(H2,16,19). The van der Waals surface area contributed by atoms with Crippen molar-refractivity contribution < 1.29 is 4.79 Å². The quantitative estimate of drug-likeness (QED) is 0.667. The summed E-state index contributed by atoms with van der Waals surface area (Å²) < 4.78 is 0. The van der Waals surface area contributed by atoms with Gasteiger partial charge in [-0.2, -0.15) is 0 Å². The summed E-state index contributed by atoms with van der Waals surface area (Å²) in [5.74, 6) is -0.540. The second-order valence-corrected chi connectivity index (χ2v) is 5.49. The summed E-state index contributed by atoms with van der Waals surface area (Å²) in [5, 5.41) is 0.610. The number of para-hydroxylation sites is 1. The molecule has 104 valence electrons. The maximum absolute atomic E-state index is 11.3. The Kier molecular flexibility index (Phi) is 3.94. The van der Waals surface area contributed by atoms with Gasteiger partial charge in [0.15, 0.2) is 5.16 Å². The van der Waals surface area contributed by atoms with E-state index in [1.165, 1.54) is 11.8 Å². The van der Waals surface area contributed by atoms with Gasteiger partial charge in [0, 0.05) is 16.3 Å². The van der Waals surface area contributed by atoms with E-state index in [0.717, 1.165) is 21.8 Å². The number of hydrogen-bond acceptors (Lipinski definition) is 5. The number of primary amides is 1. The van der Waals surface area contributed by atoms with Gasteiger partial charge in [0.25, 0.3) is 5.91 Å². The van der Waals surface area contributed by atoms with Crippen molar-refractivity contribution in [3.63, 3.8) is 0 Å². The van der Waals surface area contributed by atoms with Crippen LogP contribution in [0.1, 0.15) is 27.3 Å². The highest BCUT2D eigenvalue weighted by atomic mass is 32.2. The highest BCUT2D eigenvalue weighted by molar-refractivity contribution is 7.99. The lowest BCUT2D eigenvalue weighted by molar-refractivity contribution is 0.100. The SMILES string of the molecule is Cc1nc(Sc2cccc(C(N)=O)c2N)nc(C)c1C. The first-order chi connectivity index (χ1) is 9.40. The highest BCUT2D eigenvalue weighted by Crippen LogP contribution is 2.32. The summed E-state index contributed by atoms with van der Waals surface area (Å²) in [6, 6.07) is 5.17. The van der Waals surface area contributed by atoms with Crippen LogP contribution in [0.5, 0.6) is 0 Å². The highest BCUT2D eigenvalue weighted by Gasteiger charge is 2.12. The molecule has 0 radical (unpaired) electrons. The Hall–Kier alpha value is -2.08. The fourth-order valence-corrected chi connectivity index (χ4v) is 2.66. The Morgan fingerprint density at radius 2 is 1.75 bits per heavy atom. The molecule has 0 bridgehead atoms. The minimum absolute atomic E-state index is 0.315. The van der Waals surface area contributed by atoms with Crippen molar-refractivity contribution in [3.05, 3.63) is 40.7 Å². The molecule has 6 heteroatoms. The maximum atomic E-state index is 11.3. The molecule has 20 heavy (non-hydrogen) atoms. The van der Waals surface area contributed by atoms with Crippen molar-refractivity contribution in [1.82, 2.24) is 9.97 Å². The molecule has 0 spiro atoms. The van der Waals surface area contributed by atoms with Gasteiger partial charge in [-0.1, -0.05) is 6.07 Å². The second-order valence-electron chi connectivity index (χ2n) is 4.49. The molecular weight excluding hydrogens is 272 g/mol. The Balaban J connectivity index is 2.40. The number of nitrogens with zero attached hydrogens (tertiary/aromatic N) is 2. The number of hydrogen-bond donors (Lipinski definition) is 2. The predicted molar refractivity (Wildman–Crippen MR) is 79.7 cm³/mol. The monoisotopic (exact) mass is 288 g/mol. The maximum Gasteiger partial charge on any atom is 0.250 e. The van der Waals surface area contributed by atoms with E-state index < -0.39 is 5.91 Å². The summed E-state index contributed by atoms with van der Waals surface area (Å²) in [7, 11) is 0. The van der Waals surface area contributed by atoms with Gasteiger partial charge in [-0.15, -0.1) is 0 Å². The summed E-state index contributed by atoms with van der Waals surface area (Å²) in [6.07, 6.45) is 0. The molecule has 0 saturated carbocycles. The smallest absolute Gasteiger partial charge is 0.250 e. The van der Waals surface area contributed by atoms with E-state index in [0.29, 0.717) is 16.4 Å². The first-order valence-electron chi connectivity index (χ1n) is 6.08. The average Bonchev–Trinajstić information content (AvgIpc) is 2.38. The fraction of sp³-hybridized carbons (Fsp3) is 0.214. The zero-order valence-corrected chi connectivity index (χ0v) is 12.4. The third kappa shape index (κ3) is 2.75. The van der Waals surface area contributed by atoms with E-state index in [-0.39, 0.29) is 0 Å². The van der Waals surface area contributed by atoms with Crippen molar-refractivity contribution in [2.75, 3.05) is 5.73 Å². The van der Waals surface area contributed by atoms with Crippen LogP contribution in [-0.2, 0) is 0 Å². The Bertz CT molecular complexity index is 662. The zero-order chi connectivity index (χ0) is 14.9.